The fourth-order valence-electron chi connectivity index (χ4n) is 5.28. The van der Waals surface area contributed by atoms with Crippen LogP contribution < -0.4 is 10.6 Å². The fourth-order valence-corrected chi connectivity index (χ4v) is 8.88. The molecule has 170 valence electrons. The van der Waals surface area contributed by atoms with Crippen LogP contribution in [0, 0.1) is 11.8 Å². The second-order valence-corrected chi connectivity index (χ2v) is 12.4. The van der Waals surface area contributed by atoms with Crippen LogP contribution in [0.4, 0.5) is 0 Å². The number of hydrogen-bond donors (Lipinski definition) is 3. The molecule has 0 aromatic rings. The number of aliphatic hydroxyl groups excluding tert-OH is 1. The summed E-state index contributed by atoms with van der Waals surface area (Å²) in [4.78, 5) is 42.0. The average Bonchev–Trinajstić information content (AvgIpc) is 3.23. The number of rotatable bonds is 7. The first-order valence-corrected chi connectivity index (χ1v) is 12.7. The third-order valence-corrected chi connectivity index (χ3v) is 9.62. The summed E-state index contributed by atoms with van der Waals surface area (Å²) in [7, 11) is 0. The lowest BCUT2D eigenvalue weighted by Crippen LogP contribution is -2.59. The van der Waals surface area contributed by atoms with Gasteiger partial charge in [0.1, 0.15) is 6.04 Å². The molecule has 0 aliphatic carbocycles. The van der Waals surface area contributed by atoms with Gasteiger partial charge in [-0.25, -0.2) is 0 Å². The quantitative estimate of drug-likeness (QED) is 0.459. The first-order valence-electron chi connectivity index (χ1n) is 10.9. The topological polar surface area (TPSA) is 98.7 Å². The Hall–Kier alpha value is -0.800. The molecule has 3 N–H and O–H groups in total. The molecule has 3 aliphatic rings. The highest BCUT2D eigenvalue weighted by molar-refractivity contribution is 9.09. The molecule has 0 radical (unpaired) electrons. The van der Waals surface area contributed by atoms with Crippen LogP contribution in [0.1, 0.15) is 53.9 Å². The van der Waals surface area contributed by atoms with E-state index in [-0.39, 0.29) is 34.4 Å². The van der Waals surface area contributed by atoms with Crippen molar-refractivity contribution in [1.29, 1.82) is 0 Å². The molecule has 2 bridgehead atoms. The Kier molecular flexibility index (Phi) is 6.85. The Labute approximate surface area is 191 Å². The number of aliphatic hydroxyl groups is 1. The highest BCUT2D eigenvalue weighted by Crippen LogP contribution is 2.68. The van der Waals surface area contributed by atoms with E-state index in [9.17, 15) is 19.5 Å². The zero-order valence-electron chi connectivity index (χ0n) is 18.4. The number of thioether (sulfide) groups is 1. The average molecular weight is 504 g/mol. The molecular weight excluding hydrogens is 470 g/mol. The van der Waals surface area contributed by atoms with Gasteiger partial charge in [-0.2, -0.15) is 0 Å². The summed E-state index contributed by atoms with van der Waals surface area (Å²) in [6.07, 6.45) is 2.02. The molecule has 3 rings (SSSR count). The summed E-state index contributed by atoms with van der Waals surface area (Å²) >= 11 is 5.36. The van der Waals surface area contributed by atoms with Crippen molar-refractivity contribution in [2.24, 2.45) is 11.8 Å². The minimum atomic E-state index is -0.703. The Morgan fingerprint density at radius 3 is 2.53 bits per heavy atom. The predicted octanol–water partition coefficient (Wildman–Crippen LogP) is 1.66. The van der Waals surface area contributed by atoms with E-state index in [4.69, 9.17) is 0 Å². The smallest absolute Gasteiger partial charge is 0.244 e. The van der Waals surface area contributed by atoms with Crippen LogP contribution in [0.5, 0.6) is 0 Å². The SMILES string of the molecule is CCCNC(=O)[C@H]1[C@@H]2SC3(CC2Br)C(C(=O)NC(C)(C)C)N([C@@H](CC)CO)C(=O)[C@H]13. The van der Waals surface area contributed by atoms with Crippen LogP contribution in [0.25, 0.3) is 0 Å². The van der Waals surface area contributed by atoms with Gasteiger partial charge in [0.25, 0.3) is 0 Å². The molecule has 3 fully saturated rings. The molecule has 3 unspecified atom stereocenters. The van der Waals surface area contributed by atoms with Gasteiger partial charge in [-0.3, -0.25) is 14.4 Å². The van der Waals surface area contributed by atoms with E-state index in [0.29, 0.717) is 19.4 Å². The highest BCUT2D eigenvalue weighted by Gasteiger charge is 2.76. The van der Waals surface area contributed by atoms with Crippen LogP contribution in [-0.4, -0.2) is 73.3 Å². The van der Waals surface area contributed by atoms with E-state index in [0.717, 1.165) is 6.42 Å². The number of carbonyl (C=O) groups excluding carboxylic acids is 3. The number of nitrogens with one attached hydrogen (secondary N) is 2. The van der Waals surface area contributed by atoms with E-state index in [1.807, 2.05) is 34.6 Å². The lowest BCUT2D eigenvalue weighted by atomic mass is 9.70. The Bertz CT molecular complexity index is 711. The summed E-state index contributed by atoms with van der Waals surface area (Å²) in [5.41, 5.74) is -0.450. The third kappa shape index (κ3) is 3.79. The number of carbonyl (C=O) groups is 3. The van der Waals surface area contributed by atoms with Crippen molar-refractivity contribution < 1.29 is 19.5 Å². The third-order valence-electron chi connectivity index (χ3n) is 6.40. The summed E-state index contributed by atoms with van der Waals surface area (Å²) in [5.74, 6) is -1.50. The Morgan fingerprint density at radius 1 is 1.33 bits per heavy atom. The summed E-state index contributed by atoms with van der Waals surface area (Å²) in [6, 6.07) is -1.15. The second-order valence-electron chi connectivity index (χ2n) is 9.68. The minimum Gasteiger partial charge on any atom is -0.394 e. The van der Waals surface area contributed by atoms with Crippen LogP contribution in [0.3, 0.4) is 0 Å². The van der Waals surface area contributed by atoms with Crippen molar-refractivity contribution in [2.75, 3.05) is 13.2 Å². The number of hydrogen-bond acceptors (Lipinski definition) is 5. The molecule has 1 spiro atoms. The highest BCUT2D eigenvalue weighted by atomic mass is 79.9. The fraction of sp³-hybridized carbons (Fsp3) is 0.857. The zero-order valence-corrected chi connectivity index (χ0v) is 20.8. The molecular formula is C21H34BrN3O4S. The van der Waals surface area contributed by atoms with E-state index in [2.05, 4.69) is 26.6 Å². The summed E-state index contributed by atoms with van der Waals surface area (Å²) in [5, 5.41) is 16.0. The lowest BCUT2D eigenvalue weighted by Gasteiger charge is -2.38. The van der Waals surface area contributed by atoms with Gasteiger partial charge in [0.05, 0.1) is 29.2 Å². The van der Waals surface area contributed by atoms with Crippen molar-refractivity contribution in [3.63, 3.8) is 0 Å². The van der Waals surface area contributed by atoms with Gasteiger partial charge < -0.3 is 20.6 Å². The largest absolute Gasteiger partial charge is 0.394 e. The number of nitrogens with zero attached hydrogens (tertiary/aromatic N) is 1. The molecule has 7 nitrogen and oxygen atoms in total. The first-order chi connectivity index (χ1) is 14.0. The molecule has 7 atom stereocenters. The van der Waals surface area contributed by atoms with E-state index in [1.54, 1.807) is 16.7 Å². The maximum atomic E-state index is 13.7. The number of halogens is 1. The van der Waals surface area contributed by atoms with Crippen molar-refractivity contribution >= 4 is 45.4 Å². The number of likely N-dealkylation sites (tertiary alicyclic amines) is 1. The van der Waals surface area contributed by atoms with Gasteiger partial charge >= 0.3 is 0 Å². The number of fused-ring (bicyclic) bond motifs is 1. The van der Waals surface area contributed by atoms with Crippen molar-refractivity contribution in [2.45, 2.75) is 86.3 Å². The number of alkyl halides is 1. The standard InChI is InChI=1S/C21H34BrN3O4S/c1-6-8-23-17(27)13-14-19(29)25(11(7-2)10-26)16(18(28)24-20(3,4)5)21(14)9-12(22)15(13)30-21/h11-16,26H,6-10H2,1-5H3,(H,23,27)(H,24,28)/t11-,12?,13+,14-,15+,16?,21?/m0/s1. The van der Waals surface area contributed by atoms with Gasteiger partial charge in [-0.05, 0) is 40.0 Å². The van der Waals surface area contributed by atoms with E-state index >= 15 is 0 Å². The minimum absolute atomic E-state index is 0.0444. The lowest BCUT2D eigenvalue weighted by molar-refractivity contribution is -0.143. The Morgan fingerprint density at radius 2 is 2.00 bits per heavy atom. The zero-order chi connectivity index (χ0) is 22.4. The first kappa shape index (κ1) is 23.9. The van der Waals surface area contributed by atoms with Crippen LogP contribution in [-0.2, 0) is 14.4 Å². The molecule has 3 saturated heterocycles. The van der Waals surface area contributed by atoms with Crippen LogP contribution in [0.2, 0.25) is 0 Å². The molecule has 3 aliphatic heterocycles. The van der Waals surface area contributed by atoms with Gasteiger partial charge in [0, 0.05) is 22.2 Å². The molecule has 30 heavy (non-hydrogen) atoms. The van der Waals surface area contributed by atoms with Crippen LogP contribution in [0.15, 0.2) is 0 Å². The molecule has 0 aromatic heterocycles. The van der Waals surface area contributed by atoms with Crippen molar-refractivity contribution in [1.82, 2.24) is 15.5 Å². The Balaban J connectivity index is 2.06. The van der Waals surface area contributed by atoms with Gasteiger partial charge in [0.15, 0.2) is 0 Å². The molecule has 3 amide bonds. The summed E-state index contributed by atoms with van der Waals surface area (Å²) < 4.78 is -0.665. The van der Waals surface area contributed by atoms with Gasteiger partial charge in [-0.15, -0.1) is 11.8 Å². The molecule has 0 saturated carbocycles. The molecule has 9 heteroatoms. The monoisotopic (exact) mass is 503 g/mol. The molecule has 3 heterocycles. The predicted molar refractivity (Wildman–Crippen MR) is 121 cm³/mol. The summed E-state index contributed by atoms with van der Waals surface area (Å²) in [6.45, 7) is 10.0. The van der Waals surface area contributed by atoms with Crippen molar-refractivity contribution in [3.8, 4) is 0 Å². The van der Waals surface area contributed by atoms with E-state index in [1.165, 1.54) is 0 Å². The van der Waals surface area contributed by atoms with Crippen molar-refractivity contribution in [3.05, 3.63) is 0 Å². The van der Waals surface area contributed by atoms with Gasteiger partial charge in [-0.1, -0.05) is 29.8 Å². The van der Waals surface area contributed by atoms with Gasteiger partial charge in [0.2, 0.25) is 17.7 Å². The van der Waals surface area contributed by atoms with E-state index < -0.39 is 34.2 Å². The normalized spacial score (nSPS) is 36.0. The second kappa shape index (κ2) is 8.62. The molecule has 0 aromatic carbocycles. The maximum absolute atomic E-state index is 13.7. The number of amides is 3. The van der Waals surface area contributed by atoms with Crippen LogP contribution >= 0.6 is 27.7 Å². The maximum Gasteiger partial charge on any atom is 0.244 e.